The first-order chi connectivity index (χ1) is 19.7. The molecule has 2 fully saturated rings. The number of fused-ring (bicyclic) bond motifs is 2. The first-order valence-corrected chi connectivity index (χ1v) is 15.2. The number of ether oxygens (including phenoxy) is 1. The lowest BCUT2D eigenvalue weighted by Gasteiger charge is -2.33. The molecular formula is C37H41NO2. The third-order valence-corrected chi connectivity index (χ3v) is 9.48. The molecule has 1 heterocycles. The summed E-state index contributed by atoms with van der Waals surface area (Å²) in [6.07, 6.45) is 15.5. The molecule has 6 rings (SSSR count). The van der Waals surface area contributed by atoms with Crippen molar-refractivity contribution in [3.05, 3.63) is 107 Å². The van der Waals surface area contributed by atoms with Gasteiger partial charge in [-0.3, -0.25) is 4.79 Å². The summed E-state index contributed by atoms with van der Waals surface area (Å²) in [5.74, 6) is 1.62. The van der Waals surface area contributed by atoms with Gasteiger partial charge in [-0.15, -0.1) is 0 Å². The van der Waals surface area contributed by atoms with Crippen molar-refractivity contribution in [1.82, 2.24) is 4.90 Å². The van der Waals surface area contributed by atoms with Crippen LogP contribution in [0, 0.1) is 5.92 Å². The summed E-state index contributed by atoms with van der Waals surface area (Å²) in [7, 11) is 2.24. The average Bonchev–Trinajstić information content (AvgIpc) is 3.51. The molecule has 2 saturated carbocycles. The fourth-order valence-corrected chi connectivity index (χ4v) is 7.50. The number of nitrogens with zero attached hydrogens (tertiary/aromatic N) is 1. The summed E-state index contributed by atoms with van der Waals surface area (Å²) in [5.41, 5.74) is 9.18. The molecule has 0 spiro atoms. The van der Waals surface area contributed by atoms with Crippen LogP contribution in [0.2, 0.25) is 0 Å². The quantitative estimate of drug-likeness (QED) is 0.236. The second kappa shape index (κ2) is 11.9. The van der Waals surface area contributed by atoms with E-state index < -0.39 is 0 Å². The number of hydrogen-bond acceptors (Lipinski definition) is 3. The minimum absolute atomic E-state index is 0.0439. The molecule has 0 unspecified atom stereocenters. The molecule has 3 aromatic carbocycles. The van der Waals surface area contributed by atoms with Gasteiger partial charge in [0.15, 0.2) is 0 Å². The number of benzene rings is 3. The molecule has 0 atom stereocenters. The second-order valence-corrected chi connectivity index (χ2v) is 11.9. The number of rotatable bonds is 6. The second-order valence-electron chi connectivity index (χ2n) is 11.9. The molecule has 0 saturated heterocycles. The summed E-state index contributed by atoms with van der Waals surface area (Å²) in [6, 6.07) is 27.0. The largest absolute Gasteiger partial charge is 0.491 e. The molecule has 40 heavy (non-hydrogen) atoms. The SMILES string of the molecule is CN1CCOc2cc(ccc2C2(c3ccc(/C=C/C=O)cc3)CCCC2)/C(C2CCCCC2)=C\1c1ccccc1. The van der Waals surface area contributed by atoms with Crippen molar-refractivity contribution in [2.24, 2.45) is 5.92 Å². The van der Waals surface area contributed by atoms with Crippen LogP contribution in [0.15, 0.2) is 78.9 Å². The van der Waals surface area contributed by atoms with Gasteiger partial charge < -0.3 is 9.64 Å². The van der Waals surface area contributed by atoms with E-state index >= 15 is 0 Å². The van der Waals surface area contributed by atoms with E-state index in [1.807, 2.05) is 6.08 Å². The lowest BCUT2D eigenvalue weighted by Crippen LogP contribution is -2.26. The highest BCUT2D eigenvalue weighted by atomic mass is 16.5. The van der Waals surface area contributed by atoms with Crippen molar-refractivity contribution >= 4 is 23.6 Å². The fourth-order valence-electron chi connectivity index (χ4n) is 7.50. The summed E-state index contributed by atoms with van der Waals surface area (Å²) in [4.78, 5) is 13.2. The van der Waals surface area contributed by atoms with Gasteiger partial charge in [-0.2, -0.15) is 0 Å². The van der Waals surface area contributed by atoms with E-state index in [1.165, 1.54) is 78.5 Å². The molecule has 3 heteroatoms. The molecule has 0 amide bonds. The molecular weight excluding hydrogens is 490 g/mol. The Kier molecular flexibility index (Phi) is 7.91. The zero-order chi connectivity index (χ0) is 27.4. The monoisotopic (exact) mass is 531 g/mol. The fraction of sp³-hybridized carbons (Fsp3) is 0.378. The van der Waals surface area contributed by atoms with Gasteiger partial charge in [-0.25, -0.2) is 0 Å². The minimum atomic E-state index is -0.0439. The van der Waals surface area contributed by atoms with Gasteiger partial charge in [0.1, 0.15) is 18.6 Å². The molecule has 2 bridgehead atoms. The number of likely N-dealkylation sites (N-methyl/N-ethyl adjacent to an activating group) is 1. The number of aldehydes is 1. The number of hydrogen-bond donors (Lipinski definition) is 0. The highest BCUT2D eigenvalue weighted by Crippen LogP contribution is 2.51. The van der Waals surface area contributed by atoms with E-state index in [0.717, 1.165) is 37.0 Å². The van der Waals surface area contributed by atoms with Crippen molar-refractivity contribution in [2.45, 2.75) is 63.2 Å². The van der Waals surface area contributed by atoms with E-state index in [2.05, 4.69) is 84.7 Å². The number of allylic oxidation sites excluding steroid dienone is 2. The molecule has 3 nitrogen and oxygen atoms in total. The molecule has 3 aliphatic rings. The Hall–Kier alpha value is -3.59. The summed E-state index contributed by atoms with van der Waals surface area (Å²) >= 11 is 0. The third kappa shape index (κ3) is 5.14. The standard InChI is InChI=1S/C37H41NO2/c1-38-24-26-40-34-27-31(35(29-12-4-2-5-13-29)36(38)30-14-6-3-7-15-30)18-21-33(34)37(22-8-9-23-37)32-19-16-28(17-20-32)11-10-25-39/h3,6-7,10-11,14-21,25,27,29H,2,4-5,8-9,12-13,22-24,26H2,1H3/b11-10+,36-35-. The Morgan fingerprint density at radius 3 is 2.33 bits per heavy atom. The van der Waals surface area contributed by atoms with Gasteiger partial charge in [-0.1, -0.05) is 105 Å². The molecule has 1 aliphatic heterocycles. The van der Waals surface area contributed by atoms with E-state index in [-0.39, 0.29) is 5.41 Å². The van der Waals surface area contributed by atoms with Gasteiger partial charge in [0, 0.05) is 23.7 Å². The maximum absolute atomic E-state index is 10.8. The zero-order valence-electron chi connectivity index (χ0n) is 23.8. The van der Waals surface area contributed by atoms with Gasteiger partial charge >= 0.3 is 0 Å². The lowest BCUT2D eigenvalue weighted by molar-refractivity contribution is -0.104. The van der Waals surface area contributed by atoms with E-state index in [0.29, 0.717) is 12.5 Å². The number of carbonyl (C=O) groups is 1. The third-order valence-electron chi connectivity index (χ3n) is 9.48. The lowest BCUT2D eigenvalue weighted by atomic mass is 9.71. The van der Waals surface area contributed by atoms with Crippen LogP contribution in [0.1, 0.15) is 85.6 Å². The van der Waals surface area contributed by atoms with E-state index in [1.54, 1.807) is 6.08 Å². The first-order valence-electron chi connectivity index (χ1n) is 15.2. The van der Waals surface area contributed by atoms with Gasteiger partial charge in [0.25, 0.3) is 0 Å². The van der Waals surface area contributed by atoms with Crippen LogP contribution in [0.5, 0.6) is 5.75 Å². The van der Waals surface area contributed by atoms with Crippen LogP contribution in [0.25, 0.3) is 17.3 Å². The molecule has 3 aromatic rings. The molecule has 206 valence electrons. The van der Waals surface area contributed by atoms with Crippen molar-refractivity contribution < 1.29 is 9.53 Å². The van der Waals surface area contributed by atoms with Crippen LogP contribution in [-0.4, -0.2) is 31.4 Å². The average molecular weight is 532 g/mol. The minimum Gasteiger partial charge on any atom is -0.491 e. The van der Waals surface area contributed by atoms with Crippen LogP contribution in [-0.2, 0) is 10.2 Å². The highest BCUT2D eigenvalue weighted by Gasteiger charge is 2.40. The first kappa shape index (κ1) is 26.6. The Balaban J connectivity index is 1.49. The van der Waals surface area contributed by atoms with E-state index in [4.69, 9.17) is 4.74 Å². The Morgan fingerprint density at radius 2 is 1.60 bits per heavy atom. The predicted octanol–water partition coefficient (Wildman–Crippen LogP) is 8.53. The van der Waals surface area contributed by atoms with Crippen LogP contribution < -0.4 is 4.74 Å². The van der Waals surface area contributed by atoms with Gasteiger partial charge in [-0.05, 0) is 71.6 Å². The molecule has 2 aliphatic carbocycles. The van der Waals surface area contributed by atoms with Crippen LogP contribution >= 0.6 is 0 Å². The Labute approximate surface area is 239 Å². The molecule has 0 aromatic heterocycles. The molecule has 0 radical (unpaired) electrons. The highest BCUT2D eigenvalue weighted by molar-refractivity contribution is 5.91. The van der Waals surface area contributed by atoms with Crippen molar-refractivity contribution in [2.75, 3.05) is 20.2 Å². The summed E-state index contributed by atoms with van der Waals surface area (Å²) in [6.45, 7) is 1.51. The van der Waals surface area contributed by atoms with Crippen LogP contribution in [0.3, 0.4) is 0 Å². The van der Waals surface area contributed by atoms with Crippen molar-refractivity contribution in [3.8, 4) is 5.75 Å². The summed E-state index contributed by atoms with van der Waals surface area (Å²) < 4.78 is 6.71. The molecule has 0 N–H and O–H groups in total. The summed E-state index contributed by atoms with van der Waals surface area (Å²) in [5, 5.41) is 0. The normalized spacial score (nSPS) is 21.5. The van der Waals surface area contributed by atoms with Crippen molar-refractivity contribution in [1.29, 1.82) is 0 Å². The Bertz CT molecular complexity index is 1370. The smallest absolute Gasteiger partial charge is 0.142 e. The van der Waals surface area contributed by atoms with Gasteiger partial charge in [0.2, 0.25) is 0 Å². The maximum atomic E-state index is 10.8. The van der Waals surface area contributed by atoms with E-state index in [9.17, 15) is 4.79 Å². The Morgan fingerprint density at radius 1 is 0.850 bits per heavy atom. The van der Waals surface area contributed by atoms with Crippen molar-refractivity contribution in [3.63, 3.8) is 0 Å². The maximum Gasteiger partial charge on any atom is 0.142 e. The predicted molar refractivity (Wildman–Crippen MR) is 165 cm³/mol. The van der Waals surface area contributed by atoms with Crippen LogP contribution in [0.4, 0.5) is 0 Å². The zero-order valence-corrected chi connectivity index (χ0v) is 23.8. The topological polar surface area (TPSA) is 29.5 Å². The number of carbonyl (C=O) groups excluding carboxylic acids is 1. The van der Waals surface area contributed by atoms with Gasteiger partial charge in [0.05, 0.1) is 6.54 Å².